The first-order valence-corrected chi connectivity index (χ1v) is 10.0. The minimum atomic E-state index is -1.95. The van der Waals surface area contributed by atoms with Crippen LogP contribution >= 0.6 is 0 Å². The second-order valence-corrected chi connectivity index (χ2v) is 9.85. The molecule has 0 amide bonds. The first-order chi connectivity index (χ1) is 13.3. The molecule has 8 unspecified atom stereocenters. The summed E-state index contributed by atoms with van der Waals surface area (Å²) >= 11 is 0. The minimum absolute atomic E-state index is 0.205. The van der Waals surface area contributed by atoms with Crippen LogP contribution < -0.4 is 0 Å². The zero-order valence-corrected chi connectivity index (χ0v) is 17.3. The molecule has 2 fully saturated rings. The van der Waals surface area contributed by atoms with Gasteiger partial charge in [0.2, 0.25) is 0 Å². The molecule has 0 aliphatic heterocycles. The van der Waals surface area contributed by atoms with Crippen LogP contribution in [0, 0.1) is 29.1 Å². The van der Waals surface area contributed by atoms with E-state index in [0.29, 0.717) is 11.9 Å². The van der Waals surface area contributed by atoms with E-state index in [4.69, 9.17) is 4.74 Å². The number of ether oxygens (including phenoxy) is 1. The highest BCUT2D eigenvalue weighted by Crippen LogP contribution is 2.76. The molecule has 3 N–H and O–H groups in total. The summed E-state index contributed by atoms with van der Waals surface area (Å²) in [5.41, 5.74) is -4.98. The van der Waals surface area contributed by atoms with Crippen LogP contribution in [0.2, 0.25) is 0 Å². The number of carbonyl (C=O) groups excluding carboxylic acids is 3. The SMILES string of the molecule is CC(=O)OC12C(O)C(C)C3(O)C(C=C(C=O)CC4(O)C(=O)C(C)=CC43)C1C2(C)C. The predicted molar refractivity (Wildman–Crippen MR) is 101 cm³/mol. The number of carbonyl (C=O) groups is 3. The van der Waals surface area contributed by atoms with Gasteiger partial charge in [-0.25, -0.2) is 0 Å². The normalized spacial score (nSPS) is 49.7. The molecule has 0 spiro atoms. The van der Waals surface area contributed by atoms with Crippen molar-refractivity contribution in [3.05, 3.63) is 23.3 Å². The van der Waals surface area contributed by atoms with Crippen LogP contribution in [0.5, 0.6) is 0 Å². The van der Waals surface area contributed by atoms with Crippen molar-refractivity contribution in [1.29, 1.82) is 0 Å². The summed E-state index contributed by atoms with van der Waals surface area (Å²) in [6, 6.07) is 0. The molecule has 0 radical (unpaired) electrons. The molecule has 0 aromatic heterocycles. The maximum absolute atomic E-state index is 12.8. The summed E-state index contributed by atoms with van der Waals surface area (Å²) in [6.07, 6.45) is 2.37. The Morgan fingerprint density at radius 3 is 2.45 bits per heavy atom. The van der Waals surface area contributed by atoms with Crippen molar-refractivity contribution in [2.24, 2.45) is 29.1 Å². The highest BCUT2D eigenvalue weighted by atomic mass is 16.6. The van der Waals surface area contributed by atoms with Gasteiger partial charge >= 0.3 is 5.97 Å². The summed E-state index contributed by atoms with van der Waals surface area (Å²) in [6.45, 7) is 8.20. The number of aliphatic hydroxyl groups is 3. The fourth-order valence-electron chi connectivity index (χ4n) is 6.82. The van der Waals surface area contributed by atoms with E-state index in [-0.39, 0.29) is 12.0 Å². The molecule has 29 heavy (non-hydrogen) atoms. The number of esters is 1. The lowest BCUT2D eigenvalue weighted by molar-refractivity contribution is -0.218. The third-order valence-electron chi connectivity index (χ3n) is 8.21. The molecule has 7 nitrogen and oxygen atoms in total. The molecule has 4 aliphatic rings. The Kier molecular flexibility index (Phi) is 3.98. The predicted octanol–water partition coefficient (Wildman–Crippen LogP) is 0.707. The van der Waals surface area contributed by atoms with E-state index in [2.05, 4.69) is 0 Å². The fraction of sp³-hybridized carbons (Fsp3) is 0.682. The summed E-state index contributed by atoms with van der Waals surface area (Å²) in [4.78, 5) is 36.4. The average molecular weight is 404 g/mol. The van der Waals surface area contributed by atoms with Crippen molar-refractivity contribution >= 4 is 18.0 Å². The van der Waals surface area contributed by atoms with Crippen molar-refractivity contribution in [3.63, 3.8) is 0 Å². The smallest absolute Gasteiger partial charge is 0.303 e. The molecule has 4 aliphatic carbocycles. The van der Waals surface area contributed by atoms with E-state index in [1.165, 1.54) is 6.92 Å². The van der Waals surface area contributed by atoms with E-state index in [1.54, 1.807) is 26.0 Å². The number of hydrogen-bond donors (Lipinski definition) is 3. The second kappa shape index (κ2) is 5.65. The van der Waals surface area contributed by atoms with Gasteiger partial charge in [0.25, 0.3) is 0 Å². The number of Topliss-reactive ketones (excluding diaryl/α,β-unsaturated/α-hetero) is 1. The van der Waals surface area contributed by atoms with Crippen molar-refractivity contribution in [2.45, 2.75) is 63.9 Å². The highest BCUT2D eigenvalue weighted by Gasteiger charge is 2.86. The molecule has 4 rings (SSSR count). The third kappa shape index (κ3) is 2.11. The van der Waals surface area contributed by atoms with Crippen LogP contribution in [0.15, 0.2) is 23.3 Å². The molecule has 7 heteroatoms. The molecule has 0 bridgehead atoms. The Bertz CT molecular complexity index is 886. The number of aldehydes is 1. The van der Waals surface area contributed by atoms with Crippen LogP contribution in [0.3, 0.4) is 0 Å². The molecule has 0 aromatic rings. The van der Waals surface area contributed by atoms with E-state index in [9.17, 15) is 29.7 Å². The second-order valence-electron chi connectivity index (χ2n) is 9.85. The Morgan fingerprint density at radius 2 is 1.90 bits per heavy atom. The van der Waals surface area contributed by atoms with Crippen molar-refractivity contribution < 1.29 is 34.4 Å². The van der Waals surface area contributed by atoms with Gasteiger partial charge in [0.05, 0.1) is 11.7 Å². The van der Waals surface area contributed by atoms with E-state index in [0.717, 1.165) is 0 Å². The van der Waals surface area contributed by atoms with E-state index >= 15 is 0 Å². The molecule has 0 aromatic carbocycles. The van der Waals surface area contributed by atoms with Gasteiger partial charge in [0, 0.05) is 42.4 Å². The highest BCUT2D eigenvalue weighted by molar-refractivity contribution is 6.05. The first kappa shape index (κ1) is 20.4. The lowest BCUT2D eigenvalue weighted by atomic mass is 9.59. The van der Waals surface area contributed by atoms with Gasteiger partial charge < -0.3 is 20.1 Å². The molecule has 8 atom stereocenters. The van der Waals surface area contributed by atoms with Crippen LogP contribution in [-0.2, 0) is 19.1 Å². The zero-order valence-electron chi connectivity index (χ0n) is 17.3. The lowest BCUT2D eigenvalue weighted by Crippen LogP contribution is -2.65. The summed E-state index contributed by atoms with van der Waals surface area (Å²) in [5, 5.41) is 34.7. The summed E-state index contributed by atoms with van der Waals surface area (Å²) in [5.74, 6) is -4.04. The maximum Gasteiger partial charge on any atom is 0.303 e. The van der Waals surface area contributed by atoms with Gasteiger partial charge in [-0.15, -0.1) is 0 Å². The zero-order chi connectivity index (χ0) is 21.7. The number of rotatable bonds is 2. The topological polar surface area (TPSA) is 121 Å². The van der Waals surface area contributed by atoms with E-state index < -0.39 is 63.7 Å². The minimum Gasteiger partial charge on any atom is -0.456 e. The molecule has 158 valence electrons. The van der Waals surface area contributed by atoms with E-state index in [1.807, 2.05) is 13.8 Å². The first-order valence-electron chi connectivity index (χ1n) is 10.0. The maximum atomic E-state index is 12.8. The van der Waals surface area contributed by atoms with Gasteiger partial charge in [-0.05, 0) is 18.1 Å². The molecular formula is C22H28O7. The van der Waals surface area contributed by atoms with Crippen molar-refractivity contribution in [3.8, 4) is 0 Å². The third-order valence-corrected chi connectivity index (χ3v) is 8.21. The number of fused-ring (bicyclic) bond motifs is 5. The number of ketones is 1. The van der Waals surface area contributed by atoms with Gasteiger partial charge in [-0.2, -0.15) is 0 Å². The van der Waals surface area contributed by atoms with Crippen molar-refractivity contribution in [1.82, 2.24) is 0 Å². The Balaban J connectivity index is 1.95. The van der Waals surface area contributed by atoms with Gasteiger partial charge in [-0.3, -0.25) is 14.4 Å². The summed E-state index contributed by atoms with van der Waals surface area (Å²) in [7, 11) is 0. The number of aliphatic hydroxyl groups excluding tert-OH is 1. The molecule has 0 saturated heterocycles. The molecule has 0 heterocycles. The van der Waals surface area contributed by atoms with Gasteiger partial charge in [-0.1, -0.05) is 32.9 Å². The molecule has 2 saturated carbocycles. The lowest BCUT2D eigenvalue weighted by Gasteiger charge is -2.52. The van der Waals surface area contributed by atoms with Crippen LogP contribution in [0.4, 0.5) is 0 Å². The monoisotopic (exact) mass is 404 g/mol. The average Bonchev–Trinajstić information content (AvgIpc) is 3.06. The Morgan fingerprint density at radius 1 is 1.28 bits per heavy atom. The quantitative estimate of drug-likeness (QED) is 0.458. The van der Waals surface area contributed by atoms with Crippen LogP contribution in [-0.4, -0.2) is 56.3 Å². The van der Waals surface area contributed by atoms with Crippen LogP contribution in [0.1, 0.15) is 41.0 Å². The summed E-state index contributed by atoms with van der Waals surface area (Å²) < 4.78 is 5.67. The fourth-order valence-corrected chi connectivity index (χ4v) is 6.82. The molecular weight excluding hydrogens is 376 g/mol. The Hall–Kier alpha value is -1.83. The van der Waals surface area contributed by atoms with Crippen LogP contribution in [0.25, 0.3) is 0 Å². The van der Waals surface area contributed by atoms with Gasteiger partial charge in [0.15, 0.2) is 5.78 Å². The Labute approximate surface area is 169 Å². The number of hydrogen-bond acceptors (Lipinski definition) is 7. The standard InChI is InChI=1S/C22H28O7/c1-10-6-15-20(27,17(10)25)8-13(9-23)7-14-16-19(4,5)22(16,29-12(3)24)18(26)11(2)21(14,15)28/h6-7,9,11,14-16,18,26-28H,8H2,1-5H3. The largest absolute Gasteiger partial charge is 0.456 e. The van der Waals surface area contributed by atoms with Crippen molar-refractivity contribution in [2.75, 3.05) is 0 Å². The van der Waals surface area contributed by atoms with Gasteiger partial charge in [0.1, 0.15) is 17.5 Å².